The predicted octanol–water partition coefficient (Wildman–Crippen LogP) is 6.34. The third kappa shape index (κ3) is 6.36. The average Bonchev–Trinajstić information content (AvgIpc) is 2.96. The van der Waals surface area contributed by atoms with E-state index in [1.807, 2.05) is 91.9 Å². The van der Waals surface area contributed by atoms with E-state index in [4.69, 9.17) is 9.39 Å². The van der Waals surface area contributed by atoms with Gasteiger partial charge >= 0.3 is 6.92 Å². The Bertz CT molecular complexity index is 1350. The van der Waals surface area contributed by atoms with Crippen LogP contribution in [0.15, 0.2) is 116 Å². The zero-order chi connectivity index (χ0) is 26.2. The maximum Gasteiger partial charge on any atom is 0.426 e. The monoisotopic (exact) mass is 484 g/mol. The molecule has 3 nitrogen and oxygen atoms in total. The molecule has 0 bridgehead atoms. The first kappa shape index (κ1) is 25.5. The third-order valence-electron chi connectivity index (χ3n) is 6.17. The van der Waals surface area contributed by atoms with Crippen LogP contribution in [0.4, 0.5) is 0 Å². The van der Waals surface area contributed by atoms with Crippen molar-refractivity contribution in [1.29, 1.82) is 0 Å². The first-order valence-corrected chi connectivity index (χ1v) is 12.1. The van der Waals surface area contributed by atoms with Gasteiger partial charge in [-0.15, -0.1) is 0 Å². The molecule has 4 aromatic rings. The summed E-state index contributed by atoms with van der Waals surface area (Å²) >= 11 is 0. The molecule has 0 aromatic heterocycles. The zero-order valence-corrected chi connectivity index (χ0v) is 21.2. The summed E-state index contributed by atoms with van der Waals surface area (Å²) in [6, 6.07) is 31.2. The first-order valence-electron chi connectivity index (χ1n) is 12.1. The molecule has 0 aliphatic rings. The average molecular weight is 484 g/mol. The second-order valence-corrected chi connectivity index (χ2v) is 8.71. The molecule has 0 saturated heterocycles. The number of allylic oxidation sites excluding steroid dienone is 1. The fourth-order valence-corrected chi connectivity index (χ4v) is 3.93. The summed E-state index contributed by atoms with van der Waals surface area (Å²) in [5, 5.41) is 0. The molecular weight excluding hydrogens is 455 g/mol. The number of aryl methyl sites for hydroxylation is 1. The van der Waals surface area contributed by atoms with E-state index in [9.17, 15) is 4.79 Å². The molecular formula is C33H29BO3. The van der Waals surface area contributed by atoms with Crippen molar-refractivity contribution < 1.29 is 14.2 Å². The lowest BCUT2D eigenvalue weighted by Crippen LogP contribution is -2.44. The quantitative estimate of drug-likeness (QED) is 0.114. The first-order chi connectivity index (χ1) is 18.0. The van der Waals surface area contributed by atoms with Crippen molar-refractivity contribution in [1.82, 2.24) is 0 Å². The standard InChI is InChI=1S/C33H29BO3/c1-5-25-9-17-29(18-10-25)34(30-19-11-26(6-2)12-20-30)37-33(28-13-7-24(3)8-14-28)23-32(35)27-15-21-31(36-4)22-16-27/h5-23H,1-2H2,3-4H3/b33-23-. The normalized spacial score (nSPS) is 10.9. The molecule has 37 heavy (non-hydrogen) atoms. The van der Waals surface area contributed by atoms with Crippen LogP contribution in [-0.2, 0) is 4.65 Å². The fraction of sp³-hybridized carbons (Fsp3) is 0.0606. The summed E-state index contributed by atoms with van der Waals surface area (Å²) in [5.41, 5.74) is 6.47. The minimum Gasteiger partial charge on any atom is -0.551 e. The molecule has 4 heteroatoms. The second-order valence-electron chi connectivity index (χ2n) is 8.71. The van der Waals surface area contributed by atoms with E-state index in [0.29, 0.717) is 17.1 Å². The van der Waals surface area contributed by atoms with Gasteiger partial charge in [-0.05, 0) is 53.2 Å². The Balaban J connectivity index is 1.78. The molecule has 182 valence electrons. The highest BCUT2D eigenvalue weighted by Crippen LogP contribution is 2.21. The number of carbonyl (C=O) groups excluding carboxylic acids is 1. The largest absolute Gasteiger partial charge is 0.551 e. The SMILES string of the molecule is C=Cc1ccc(B(O/C(=C\C(=O)c2ccc(OC)cc2)c2ccc(C)cc2)c2ccc(C=C)cc2)cc1. The molecule has 4 aromatic carbocycles. The van der Waals surface area contributed by atoms with E-state index in [2.05, 4.69) is 13.2 Å². The van der Waals surface area contributed by atoms with E-state index in [1.165, 1.54) is 0 Å². The van der Waals surface area contributed by atoms with Crippen LogP contribution in [0.1, 0.15) is 32.6 Å². The maximum atomic E-state index is 13.3. The molecule has 0 N–H and O–H groups in total. The highest BCUT2D eigenvalue weighted by molar-refractivity contribution is 6.80. The molecule has 0 radical (unpaired) electrons. The molecule has 0 amide bonds. The number of ether oxygens (including phenoxy) is 1. The topological polar surface area (TPSA) is 35.5 Å². The lowest BCUT2D eigenvalue weighted by atomic mass is 9.55. The molecule has 0 atom stereocenters. The van der Waals surface area contributed by atoms with Gasteiger partial charge in [0.2, 0.25) is 0 Å². The fourth-order valence-electron chi connectivity index (χ4n) is 3.93. The molecule has 0 saturated carbocycles. The van der Waals surface area contributed by atoms with Crippen LogP contribution in [0.5, 0.6) is 5.75 Å². The molecule has 0 aliphatic heterocycles. The minimum atomic E-state index is -0.436. The summed E-state index contributed by atoms with van der Waals surface area (Å²) in [7, 11) is 1.60. The lowest BCUT2D eigenvalue weighted by Gasteiger charge is -2.20. The summed E-state index contributed by atoms with van der Waals surface area (Å²) in [4.78, 5) is 13.3. The minimum absolute atomic E-state index is 0.152. The van der Waals surface area contributed by atoms with Crippen LogP contribution in [-0.4, -0.2) is 19.8 Å². The van der Waals surface area contributed by atoms with E-state index >= 15 is 0 Å². The Morgan fingerprint density at radius 1 is 0.703 bits per heavy atom. The smallest absolute Gasteiger partial charge is 0.426 e. The Kier molecular flexibility index (Phi) is 8.22. The number of rotatable bonds is 10. The highest BCUT2D eigenvalue weighted by atomic mass is 16.5. The van der Waals surface area contributed by atoms with Crippen LogP contribution in [0.3, 0.4) is 0 Å². The van der Waals surface area contributed by atoms with Gasteiger partial charge in [-0.3, -0.25) is 4.79 Å². The number of hydrogen-bond donors (Lipinski definition) is 0. The van der Waals surface area contributed by atoms with Gasteiger partial charge in [-0.25, -0.2) is 0 Å². The molecule has 4 rings (SSSR count). The third-order valence-corrected chi connectivity index (χ3v) is 6.17. The van der Waals surface area contributed by atoms with Gasteiger partial charge in [0, 0.05) is 17.2 Å². The Morgan fingerprint density at radius 2 is 1.19 bits per heavy atom. The van der Waals surface area contributed by atoms with Crippen molar-refractivity contribution in [3.63, 3.8) is 0 Å². The number of hydrogen-bond acceptors (Lipinski definition) is 3. The van der Waals surface area contributed by atoms with Crippen molar-refractivity contribution in [3.8, 4) is 5.75 Å². The van der Waals surface area contributed by atoms with Crippen LogP contribution in [0.25, 0.3) is 17.9 Å². The van der Waals surface area contributed by atoms with Crippen molar-refractivity contribution in [2.24, 2.45) is 0 Å². The number of methoxy groups -OCH3 is 1. The van der Waals surface area contributed by atoms with Crippen molar-refractivity contribution in [2.75, 3.05) is 7.11 Å². The zero-order valence-electron chi connectivity index (χ0n) is 21.2. The maximum absolute atomic E-state index is 13.3. The number of carbonyl (C=O) groups is 1. The van der Waals surface area contributed by atoms with Crippen molar-refractivity contribution in [3.05, 3.63) is 144 Å². The molecule has 0 unspecified atom stereocenters. The van der Waals surface area contributed by atoms with Crippen molar-refractivity contribution in [2.45, 2.75) is 6.92 Å². The summed E-state index contributed by atoms with van der Waals surface area (Å²) in [6.07, 6.45) is 5.18. The van der Waals surface area contributed by atoms with E-state index in [-0.39, 0.29) is 5.78 Å². The Hall–Kier alpha value is -4.57. The van der Waals surface area contributed by atoms with E-state index < -0.39 is 6.92 Å². The van der Waals surface area contributed by atoms with Gasteiger partial charge < -0.3 is 9.39 Å². The summed E-state index contributed by atoms with van der Waals surface area (Å²) in [5.74, 6) is 1.04. The van der Waals surface area contributed by atoms with Crippen LogP contribution in [0, 0.1) is 6.92 Å². The van der Waals surface area contributed by atoms with Gasteiger partial charge in [-0.2, -0.15) is 0 Å². The van der Waals surface area contributed by atoms with Gasteiger partial charge in [0.25, 0.3) is 0 Å². The molecule has 0 spiro atoms. The van der Waals surface area contributed by atoms with Gasteiger partial charge in [0.1, 0.15) is 11.5 Å². The van der Waals surface area contributed by atoms with E-state index in [1.54, 1.807) is 37.5 Å². The van der Waals surface area contributed by atoms with Gasteiger partial charge in [0.15, 0.2) is 5.78 Å². The number of ketones is 1. The van der Waals surface area contributed by atoms with Crippen LogP contribution in [0.2, 0.25) is 0 Å². The highest BCUT2D eigenvalue weighted by Gasteiger charge is 2.25. The van der Waals surface area contributed by atoms with E-state index in [0.717, 1.165) is 33.2 Å². The van der Waals surface area contributed by atoms with Crippen LogP contribution < -0.4 is 15.7 Å². The molecule has 0 heterocycles. The van der Waals surface area contributed by atoms with Crippen LogP contribution >= 0.6 is 0 Å². The Labute approximate surface area is 219 Å². The molecule has 0 aliphatic carbocycles. The summed E-state index contributed by atoms with van der Waals surface area (Å²) in [6.45, 7) is 9.30. The predicted molar refractivity (Wildman–Crippen MR) is 156 cm³/mol. The lowest BCUT2D eigenvalue weighted by molar-refractivity contribution is 0.104. The van der Waals surface area contributed by atoms with Gasteiger partial charge in [0.05, 0.1) is 7.11 Å². The van der Waals surface area contributed by atoms with Crippen molar-refractivity contribution >= 4 is 41.5 Å². The number of benzene rings is 4. The Morgan fingerprint density at radius 3 is 1.65 bits per heavy atom. The second kappa shape index (κ2) is 11.9. The van der Waals surface area contributed by atoms with Gasteiger partial charge in [-0.1, -0.05) is 104 Å². The summed E-state index contributed by atoms with van der Waals surface area (Å²) < 4.78 is 11.9. The molecule has 0 fully saturated rings.